The third kappa shape index (κ3) is 22.0. The number of aliphatic hydroxyl groups excluding tert-OH is 2. The number of pyridine rings is 2. The molecule has 0 aliphatic carbocycles. The molecule has 0 atom stereocenters. The summed E-state index contributed by atoms with van der Waals surface area (Å²) in [7, 11) is 0. The van der Waals surface area contributed by atoms with Crippen LogP contribution in [0.4, 0.5) is 0 Å². The Morgan fingerprint density at radius 2 is 0.822 bits per heavy atom. The molecule has 490 valence electrons. The van der Waals surface area contributed by atoms with Gasteiger partial charge < -0.3 is 20.2 Å². The number of fused-ring (bicyclic) bond motifs is 2. The van der Waals surface area contributed by atoms with E-state index in [9.17, 15) is 19.8 Å². The first-order valence-corrected chi connectivity index (χ1v) is 34.4. The Bertz CT molecular complexity index is 3480. The summed E-state index contributed by atoms with van der Waals surface area (Å²) in [4.78, 5) is 35.6. The summed E-state index contributed by atoms with van der Waals surface area (Å²) < 4.78 is 2.47. The van der Waals surface area contributed by atoms with Crippen molar-refractivity contribution >= 4 is 54.4 Å². The van der Waals surface area contributed by atoms with Crippen LogP contribution in [0.15, 0.2) is 121 Å². The van der Waals surface area contributed by atoms with Crippen molar-refractivity contribution in [2.24, 2.45) is 23.7 Å². The fourth-order valence-electron chi connectivity index (χ4n) is 11.4. The number of aryl methyl sites for hydroxylation is 4. The Morgan fingerprint density at radius 1 is 0.467 bits per heavy atom. The predicted octanol–water partition coefficient (Wildman–Crippen LogP) is 24.3. The van der Waals surface area contributed by atoms with E-state index in [1.165, 1.54) is 86.6 Å². The minimum Gasteiger partial charge on any atom is -0.512 e. The fourth-order valence-corrected chi connectivity index (χ4v) is 13.5. The predicted molar refractivity (Wildman–Crippen MR) is 382 cm³/mol. The van der Waals surface area contributed by atoms with Crippen molar-refractivity contribution in [1.29, 1.82) is 0 Å². The molecule has 0 aliphatic heterocycles. The van der Waals surface area contributed by atoms with Gasteiger partial charge in [0.1, 0.15) is 0 Å². The molecule has 8 aromatic rings. The molecule has 4 heterocycles. The van der Waals surface area contributed by atoms with Crippen molar-refractivity contribution in [3.63, 3.8) is 0 Å². The van der Waals surface area contributed by atoms with Crippen molar-refractivity contribution in [2.75, 3.05) is 0 Å². The van der Waals surface area contributed by atoms with Gasteiger partial charge >= 0.3 is 0 Å². The molecule has 0 saturated heterocycles. The van der Waals surface area contributed by atoms with E-state index in [4.69, 9.17) is 9.97 Å². The molecule has 0 spiro atoms. The van der Waals surface area contributed by atoms with E-state index in [1.54, 1.807) is 0 Å². The Labute approximate surface area is 578 Å². The number of hydrogen-bond acceptors (Lipinski definition) is 8. The van der Waals surface area contributed by atoms with Crippen LogP contribution in [0.2, 0.25) is 0 Å². The summed E-state index contributed by atoms with van der Waals surface area (Å²) in [6, 6.07) is 38.5. The van der Waals surface area contributed by atoms with Crippen molar-refractivity contribution in [3.05, 3.63) is 178 Å². The smallest absolute Gasteiger partial charge is 0.162 e. The van der Waals surface area contributed by atoms with Gasteiger partial charge in [0.15, 0.2) is 11.6 Å². The van der Waals surface area contributed by atoms with E-state index in [0.29, 0.717) is 23.7 Å². The number of aliphatic hydroxyl groups is 2. The number of carbonyl (C=O) groups excluding carboxylic acids is 2. The molecule has 90 heavy (non-hydrogen) atoms. The number of hydrogen-bond donors (Lipinski definition) is 2. The maximum atomic E-state index is 11.7. The van der Waals surface area contributed by atoms with Gasteiger partial charge in [0.05, 0.1) is 20.9 Å². The van der Waals surface area contributed by atoms with Crippen LogP contribution >= 0.6 is 22.7 Å². The van der Waals surface area contributed by atoms with Crippen LogP contribution in [0.1, 0.15) is 230 Å². The Hall–Kier alpha value is -5.18. The molecule has 4 aromatic carbocycles. The van der Waals surface area contributed by atoms with Gasteiger partial charge in [-0.05, 0) is 143 Å². The average Bonchev–Trinajstić information content (AvgIpc) is 1.63. The summed E-state index contributed by atoms with van der Waals surface area (Å²) in [6.07, 6.45) is 13.9. The second kappa shape index (κ2) is 38.1. The van der Waals surface area contributed by atoms with Crippen LogP contribution in [0.3, 0.4) is 0 Å². The number of carbonyl (C=O) groups is 2. The summed E-state index contributed by atoms with van der Waals surface area (Å²) in [6.45, 7) is 42.8. The molecule has 4 aromatic heterocycles. The zero-order valence-corrected chi connectivity index (χ0v) is 64.2. The van der Waals surface area contributed by atoms with Crippen LogP contribution in [0.5, 0.6) is 0 Å². The molecule has 0 bridgehead atoms. The Morgan fingerprint density at radius 3 is 1.16 bits per heavy atom. The van der Waals surface area contributed by atoms with Gasteiger partial charge in [0.25, 0.3) is 0 Å². The summed E-state index contributed by atoms with van der Waals surface area (Å²) >= 11 is 3.68. The first-order valence-electron chi connectivity index (χ1n) is 32.8. The van der Waals surface area contributed by atoms with Crippen LogP contribution in [0, 0.1) is 63.5 Å². The minimum atomic E-state index is 0. The molecule has 0 fully saturated rings. The molecule has 0 aliphatic rings. The van der Waals surface area contributed by atoms with Crippen LogP contribution in [-0.4, -0.2) is 31.7 Å². The topological polar surface area (TPSA) is 100 Å². The second-order valence-corrected chi connectivity index (χ2v) is 27.4. The molecule has 0 saturated carbocycles. The number of allylic oxidation sites excluding steroid dienone is 4. The average molecular weight is 1610 g/mol. The van der Waals surface area contributed by atoms with Crippen LogP contribution < -0.4 is 0 Å². The summed E-state index contributed by atoms with van der Waals surface area (Å²) in [5.41, 5.74) is 17.3. The molecule has 8 rings (SSSR count). The van der Waals surface area contributed by atoms with Crippen molar-refractivity contribution in [2.45, 2.75) is 214 Å². The summed E-state index contributed by atoms with van der Waals surface area (Å²) in [5.74, 6) is 3.13. The van der Waals surface area contributed by atoms with Crippen LogP contribution in [0.25, 0.3) is 63.6 Å². The van der Waals surface area contributed by atoms with E-state index in [1.807, 2.05) is 90.5 Å². The van der Waals surface area contributed by atoms with E-state index >= 15 is 0 Å². The van der Waals surface area contributed by atoms with Crippen molar-refractivity contribution in [3.8, 4) is 43.4 Å². The van der Waals surface area contributed by atoms with E-state index in [2.05, 4.69) is 180 Å². The van der Waals surface area contributed by atoms with E-state index < -0.39 is 0 Å². The molecular weight excluding hydrogens is 1500 g/mol. The number of aromatic nitrogens is 2. The molecule has 2 N–H and O–H groups in total. The summed E-state index contributed by atoms with van der Waals surface area (Å²) in [5, 5.41) is 22.0. The Kier molecular flexibility index (Phi) is 33.5. The standard InChI is InChI=1S/2C27H28NS.2C13H24O2.2Ir/c1-16(2)20-10-21(17(3)4)12-23(11-20)26-14-24-13-25(28-15-27(24)29-26)22-8-18(5)7-19(6)9-22;1-16(2)22-8-7-9-23(17(3)4)27(22)25-14-21-13-24(28-15-26(21)29-25)20-11-18(5)10-19(6)12-20;2*1-5-10(6-2)12(14)9-13(15)11(7-3)8-4;;/h7-8,10-17H,1-6H3;7-11,13-17H,1-6H3;2*9-11,14H,5-8H2,1-4H3;;/q2*-1;;;;. The van der Waals surface area contributed by atoms with Crippen LogP contribution in [-0.2, 0) is 49.8 Å². The zero-order chi connectivity index (χ0) is 65.1. The van der Waals surface area contributed by atoms with E-state index in [0.717, 1.165) is 85.0 Å². The van der Waals surface area contributed by atoms with Gasteiger partial charge in [-0.3, -0.25) is 9.59 Å². The van der Waals surface area contributed by atoms with Gasteiger partial charge in [-0.15, -0.1) is 92.5 Å². The fraction of sp³-hybridized carbons (Fsp3) is 0.450. The largest absolute Gasteiger partial charge is 0.512 e. The van der Waals surface area contributed by atoms with Gasteiger partial charge in [-0.2, -0.15) is 0 Å². The third-order valence-corrected chi connectivity index (χ3v) is 19.3. The zero-order valence-electron chi connectivity index (χ0n) is 57.8. The maximum Gasteiger partial charge on any atom is 0.162 e. The van der Waals surface area contributed by atoms with E-state index in [-0.39, 0.29) is 87.0 Å². The van der Waals surface area contributed by atoms with Crippen molar-refractivity contribution < 1.29 is 60.0 Å². The minimum absolute atomic E-state index is 0. The molecule has 10 heteroatoms. The molecule has 2 radical (unpaired) electrons. The SMILES string of the molecule is CCC(CC)C(=O)C=C(O)C(CC)CC.CCC(CC)C(=O)C=C(O)C(CC)CC.Cc1[c-]c(-c2cc3cc(-c4c(C(C)C)cccc4C(C)C)sc3cn2)cc(C)c1.Cc1[c-]c(-c2cc3cc(-c4cc(C(C)C)cc(C(C)C)c4)sc3cn2)cc(C)c1.[Ir].[Ir]. The van der Waals surface area contributed by atoms with Gasteiger partial charge in [-0.25, -0.2) is 0 Å². The van der Waals surface area contributed by atoms with Gasteiger partial charge in [0, 0.05) is 98.2 Å². The molecule has 0 unspecified atom stereocenters. The first-order chi connectivity index (χ1) is 41.8. The second-order valence-electron chi connectivity index (χ2n) is 25.3. The quantitative estimate of drug-likeness (QED) is 0.0398. The molecular formula is C80H104Ir2N2O4S2-2. The third-order valence-electron chi connectivity index (χ3n) is 17.0. The number of nitrogens with zero attached hydrogens (tertiary/aromatic N) is 2. The van der Waals surface area contributed by atoms with Gasteiger partial charge in [0.2, 0.25) is 0 Å². The number of rotatable bonds is 22. The Balaban J connectivity index is 0.000000327. The monoisotopic (exact) mass is 1610 g/mol. The van der Waals surface area contributed by atoms with Crippen molar-refractivity contribution in [1.82, 2.24) is 9.97 Å². The van der Waals surface area contributed by atoms with Gasteiger partial charge in [-0.1, -0.05) is 187 Å². The maximum absolute atomic E-state index is 11.7. The molecule has 6 nitrogen and oxygen atoms in total. The number of thiophene rings is 2. The first kappa shape index (κ1) is 79.1. The number of benzene rings is 4. The number of ketones is 2. The normalized spacial score (nSPS) is 11.7. The molecule has 0 amide bonds.